The monoisotopic (exact) mass is 365 g/mol. The van der Waals surface area contributed by atoms with Crippen molar-refractivity contribution in [2.75, 3.05) is 25.5 Å². The van der Waals surface area contributed by atoms with Gasteiger partial charge in [-0.25, -0.2) is 0 Å². The van der Waals surface area contributed by atoms with Crippen molar-refractivity contribution >= 4 is 51.7 Å². The number of anilines is 1. The fourth-order valence-corrected chi connectivity index (χ4v) is 3.22. The molecule has 2 aromatic rings. The predicted octanol–water partition coefficient (Wildman–Crippen LogP) is 2.72. The molecule has 0 saturated carbocycles. The molecule has 2 aromatic carbocycles. The molecule has 0 aliphatic carbocycles. The maximum absolute atomic E-state index is 12.7. The zero-order valence-electron chi connectivity index (χ0n) is 14.7. The Morgan fingerprint density at radius 2 is 1.85 bits per heavy atom. The van der Waals surface area contributed by atoms with E-state index < -0.39 is 11.8 Å². The van der Waals surface area contributed by atoms with E-state index in [9.17, 15) is 9.59 Å². The Labute approximate surface area is 157 Å². The number of rotatable bonds is 4. The summed E-state index contributed by atoms with van der Waals surface area (Å²) < 4.78 is 0. The van der Waals surface area contributed by atoms with Crippen LogP contribution >= 0.6 is 12.2 Å². The number of thiocarbonyl (C=S) groups is 1. The number of nitrogens with one attached hydrogen (secondary N) is 1. The van der Waals surface area contributed by atoms with Crippen molar-refractivity contribution in [1.82, 2.24) is 10.2 Å². The quantitative estimate of drug-likeness (QED) is 0.392. The summed E-state index contributed by atoms with van der Waals surface area (Å²) in [4.78, 5) is 28.4. The molecule has 6 heteroatoms. The first-order chi connectivity index (χ1) is 12.4. The van der Waals surface area contributed by atoms with Crippen LogP contribution in [-0.4, -0.2) is 42.5 Å². The minimum absolute atomic E-state index is 0.0585. The predicted molar refractivity (Wildman–Crippen MR) is 109 cm³/mol. The van der Waals surface area contributed by atoms with Gasteiger partial charge in [0.05, 0.1) is 0 Å². The summed E-state index contributed by atoms with van der Waals surface area (Å²) in [5, 5.41) is 4.69. The molecule has 0 bridgehead atoms. The van der Waals surface area contributed by atoms with Crippen molar-refractivity contribution < 1.29 is 9.59 Å². The number of benzene rings is 2. The second-order valence-corrected chi connectivity index (χ2v) is 6.52. The van der Waals surface area contributed by atoms with Gasteiger partial charge in [0.25, 0.3) is 11.8 Å². The van der Waals surface area contributed by atoms with E-state index in [1.165, 1.54) is 4.90 Å². The van der Waals surface area contributed by atoms with Gasteiger partial charge in [-0.15, -0.1) is 6.58 Å². The standard InChI is InChI=1S/C20H19N3O2S/c1-4-11-23-19(25)16(18(24)21-20(23)26)12-13-9-10-17(22(2)3)15-8-6-5-7-14(13)15/h4-10,12H,1,11H2,2-3H3,(H,21,24,26). The Balaban J connectivity index is 2.13. The summed E-state index contributed by atoms with van der Waals surface area (Å²) >= 11 is 5.08. The number of nitrogens with zero attached hydrogens (tertiary/aromatic N) is 2. The second-order valence-electron chi connectivity index (χ2n) is 6.14. The minimum atomic E-state index is -0.485. The fraction of sp³-hybridized carbons (Fsp3) is 0.150. The summed E-state index contributed by atoms with van der Waals surface area (Å²) in [6.07, 6.45) is 3.19. The lowest BCUT2D eigenvalue weighted by Gasteiger charge is -2.28. The van der Waals surface area contributed by atoms with E-state index in [1.807, 2.05) is 55.4 Å². The van der Waals surface area contributed by atoms with Gasteiger partial charge >= 0.3 is 0 Å². The topological polar surface area (TPSA) is 52.7 Å². The van der Waals surface area contributed by atoms with Crippen molar-refractivity contribution in [2.45, 2.75) is 0 Å². The minimum Gasteiger partial charge on any atom is -0.377 e. The Morgan fingerprint density at radius 3 is 2.50 bits per heavy atom. The van der Waals surface area contributed by atoms with Gasteiger partial charge in [-0.3, -0.25) is 19.8 Å². The molecule has 5 nitrogen and oxygen atoms in total. The largest absolute Gasteiger partial charge is 0.377 e. The van der Waals surface area contributed by atoms with E-state index in [-0.39, 0.29) is 17.2 Å². The van der Waals surface area contributed by atoms with Gasteiger partial charge in [0.2, 0.25) is 0 Å². The van der Waals surface area contributed by atoms with Crippen LogP contribution in [0.25, 0.3) is 16.8 Å². The van der Waals surface area contributed by atoms with E-state index in [4.69, 9.17) is 12.2 Å². The Bertz CT molecular complexity index is 963. The smallest absolute Gasteiger partial charge is 0.265 e. The van der Waals surface area contributed by atoms with Gasteiger partial charge in [-0.05, 0) is 35.3 Å². The van der Waals surface area contributed by atoms with Crippen LogP contribution in [0, 0.1) is 0 Å². The van der Waals surface area contributed by atoms with Crippen molar-refractivity contribution in [3.63, 3.8) is 0 Å². The van der Waals surface area contributed by atoms with Crippen LogP contribution in [0.3, 0.4) is 0 Å². The summed E-state index contributed by atoms with van der Waals surface area (Å²) in [6.45, 7) is 3.87. The van der Waals surface area contributed by atoms with Crippen molar-refractivity contribution in [3.8, 4) is 0 Å². The lowest BCUT2D eigenvalue weighted by Crippen LogP contribution is -2.53. The molecule has 1 heterocycles. The highest BCUT2D eigenvalue weighted by atomic mass is 32.1. The van der Waals surface area contributed by atoms with Gasteiger partial charge in [-0.1, -0.05) is 36.4 Å². The maximum Gasteiger partial charge on any atom is 0.265 e. The van der Waals surface area contributed by atoms with Gasteiger partial charge < -0.3 is 4.90 Å². The molecule has 3 rings (SSSR count). The van der Waals surface area contributed by atoms with E-state index in [0.29, 0.717) is 0 Å². The molecule has 2 amide bonds. The summed E-state index contributed by atoms with van der Waals surface area (Å²) in [5.74, 6) is -0.902. The van der Waals surface area contributed by atoms with Crippen LogP contribution < -0.4 is 10.2 Å². The van der Waals surface area contributed by atoms with E-state index in [2.05, 4.69) is 11.9 Å². The highest BCUT2D eigenvalue weighted by Crippen LogP contribution is 2.30. The lowest BCUT2D eigenvalue weighted by molar-refractivity contribution is -0.128. The number of carbonyl (C=O) groups excluding carboxylic acids is 2. The zero-order chi connectivity index (χ0) is 18.8. The number of carbonyl (C=O) groups is 2. The zero-order valence-corrected chi connectivity index (χ0v) is 15.5. The van der Waals surface area contributed by atoms with Crippen molar-refractivity contribution in [2.24, 2.45) is 0 Å². The number of fused-ring (bicyclic) bond motifs is 1. The molecule has 0 radical (unpaired) electrons. The normalized spacial score (nSPS) is 16.2. The first-order valence-corrected chi connectivity index (χ1v) is 8.53. The molecule has 1 fully saturated rings. The van der Waals surface area contributed by atoms with Crippen molar-refractivity contribution in [3.05, 3.63) is 60.2 Å². The van der Waals surface area contributed by atoms with Crippen LogP contribution in [0.1, 0.15) is 5.56 Å². The lowest BCUT2D eigenvalue weighted by atomic mass is 9.99. The SMILES string of the molecule is C=CCN1C(=O)C(=Cc2ccc(N(C)C)c3ccccc23)C(=O)NC1=S. The molecule has 1 aliphatic rings. The van der Waals surface area contributed by atoms with Crippen LogP contribution in [0.5, 0.6) is 0 Å². The highest BCUT2D eigenvalue weighted by Gasteiger charge is 2.32. The molecule has 132 valence electrons. The third-order valence-electron chi connectivity index (χ3n) is 4.21. The molecule has 0 aromatic heterocycles. The molecule has 1 aliphatic heterocycles. The molecular formula is C20H19N3O2S. The average Bonchev–Trinajstić information content (AvgIpc) is 2.61. The average molecular weight is 365 g/mol. The van der Waals surface area contributed by atoms with Gasteiger partial charge in [0.15, 0.2) is 5.11 Å². The van der Waals surface area contributed by atoms with Crippen LogP contribution in [0.2, 0.25) is 0 Å². The third kappa shape index (κ3) is 3.11. The first-order valence-electron chi connectivity index (χ1n) is 8.13. The Morgan fingerprint density at radius 1 is 1.15 bits per heavy atom. The van der Waals surface area contributed by atoms with Gasteiger partial charge in [0.1, 0.15) is 5.57 Å². The molecule has 1 N–H and O–H groups in total. The maximum atomic E-state index is 12.7. The van der Waals surface area contributed by atoms with Gasteiger partial charge in [0, 0.05) is 31.7 Å². The highest BCUT2D eigenvalue weighted by molar-refractivity contribution is 7.80. The number of hydrogen-bond donors (Lipinski definition) is 1. The third-order valence-corrected chi connectivity index (χ3v) is 4.54. The molecule has 0 unspecified atom stereocenters. The molecule has 0 spiro atoms. The molecule has 1 saturated heterocycles. The summed E-state index contributed by atoms with van der Waals surface area (Å²) in [6, 6.07) is 11.8. The second kappa shape index (κ2) is 7.09. The van der Waals surface area contributed by atoms with Crippen LogP contribution in [-0.2, 0) is 9.59 Å². The number of hydrogen-bond acceptors (Lipinski definition) is 4. The van der Waals surface area contributed by atoms with E-state index >= 15 is 0 Å². The fourth-order valence-electron chi connectivity index (χ4n) is 2.97. The Hall–Kier alpha value is -2.99. The van der Waals surface area contributed by atoms with Crippen LogP contribution in [0.4, 0.5) is 5.69 Å². The van der Waals surface area contributed by atoms with E-state index in [1.54, 1.807) is 12.2 Å². The van der Waals surface area contributed by atoms with Gasteiger partial charge in [-0.2, -0.15) is 0 Å². The molecule has 26 heavy (non-hydrogen) atoms. The molecular weight excluding hydrogens is 346 g/mol. The first kappa shape index (κ1) is 17.8. The number of amides is 2. The Kier molecular flexibility index (Phi) is 4.86. The van der Waals surface area contributed by atoms with E-state index in [0.717, 1.165) is 22.0 Å². The molecule has 0 atom stereocenters. The summed E-state index contributed by atoms with van der Waals surface area (Å²) in [5.41, 5.74) is 1.93. The van der Waals surface area contributed by atoms with Crippen LogP contribution in [0.15, 0.2) is 54.6 Å². The van der Waals surface area contributed by atoms with Crippen molar-refractivity contribution in [1.29, 1.82) is 0 Å². The summed E-state index contributed by atoms with van der Waals surface area (Å²) in [7, 11) is 3.96.